The van der Waals surface area contributed by atoms with E-state index >= 15 is 0 Å². The zero-order valence-electron chi connectivity index (χ0n) is 9.10. The van der Waals surface area contributed by atoms with Gasteiger partial charge in [0.05, 0.1) is 6.54 Å². The zero-order chi connectivity index (χ0) is 11.4. The maximum absolute atomic E-state index is 12.0. The van der Waals surface area contributed by atoms with Gasteiger partial charge in [-0.2, -0.15) is 0 Å². The maximum Gasteiger partial charge on any atom is 0.250 e. The summed E-state index contributed by atoms with van der Waals surface area (Å²) in [5, 5.41) is 6.10. The summed E-state index contributed by atoms with van der Waals surface area (Å²) in [5.41, 5.74) is 3.51. The Kier molecular flexibility index (Phi) is 3.72. The van der Waals surface area contributed by atoms with Gasteiger partial charge in [-0.25, -0.2) is 8.78 Å². The maximum atomic E-state index is 12.0. The van der Waals surface area contributed by atoms with Crippen LogP contribution in [-0.4, -0.2) is 19.5 Å². The van der Waals surface area contributed by atoms with Crippen LogP contribution in [0, 0.1) is 0 Å². The lowest BCUT2D eigenvalue weighted by Crippen LogP contribution is -2.22. The second kappa shape index (κ2) is 5.25. The largest absolute Gasteiger partial charge is 0.385 e. The van der Waals surface area contributed by atoms with E-state index in [2.05, 4.69) is 16.7 Å². The molecular weight excluding hydrogens is 210 g/mol. The Morgan fingerprint density at radius 3 is 3.06 bits per heavy atom. The van der Waals surface area contributed by atoms with Crippen molar-refractivity contribution in [1.29, 1.82) is 0 Å². The van der Waals surface area contributed by atoms with Gasteiger partial charge in [0.1, 0.15) is 0 Å². The van der Waals surface area contributed by atoms with E-state index in [1.54, 1.807) is 0 Å². The van der Waals surface area contributed by atoms with E-state index in [4.69, 9.17) is 0 Å². The number of fused-ring (bicyclic) bond motifs is 1. The highest BCUT2D eigenvalue weighted by Gasteiger charge is 2.12. The third-order valence-electron chi connectivity index (χ3n) is 2.78. The van der Waals surface area contributed by atoms with Crippen LogP contribution in [0.4, 0.5) is 14.5 Å². The summed E-state index contributed by atoms with van der Waals surface area (Å²) >= 11 is 0. The fourth-order valence-corrected chi connectivity index (χ4v) is 2.04. The molecule has 0 bridgehead atoms. The number of hydrogen-bond acceptors (Lipinski definition) is 2. The summed E-state index contributed by atoms with van der Waals surface area (Å²) in [6, 6.07) is 6.07. The minimum atomic E-state index is -2.28. The molecule has 2 N–H and O–H groups in total. The average Bonchev–Trinajstić information content (AvgIpc) is 2.29. The van der Waals surface area contributed by atoms with Crippen LogP contribution in [0.2, 0.25) is 0 Å². The molecule has 2 nitrogen and oxygen atoms in total. The highest BCUT2D eigenvalue weighted by molar-refractivity contribution is 5.59. The van der Waals surface area contributed by atoms with Crippen LogP contribution in [0.5, 0.6) is 0 Å². The molecule has 1 aliphatic rings. The minimum absolute atomic E-state index is 0.246. The van der Waals surface area contributed by atoms with Crippen molar-refractivity contribution in [3.8, 4) is 0 Å². The first-order valence-corrected chi connectivity index (χ1v) is 5.61. The molecule has 0 amide bonds. The van der Waals surface area contributed by atoms with Gasteiger partial charge in [-0.05, 0) is 24.0 Å². The van der Waals surface area contributed by atoms with E-state index in [9.17, 15) is 8.78 Å². The molecule has 0 fully saturated rings. The third-order valence-corrected chi connectivity index (χ3v) is 2.78. The fraction of sp³-hybridized carbons (Fsp3) is 0.500. The lowest BCUT2D eigenvalue weighted by molar-refractivity contribution is 0.145. The van der Waals surface area contributed by atoms with Gasteiger partial charge in [-0.15, -0.1) is 0 Å². The van der Waals surface area contributed by atoms with E-state index in [0.717, 1.165) is 30.6 Å². The van der Waals surface area contributed by atoms with Gasteiger partial charge in [0.25, 0.3) is 6.43 Å². The van der Waals surface area contributed by atoms with Crippen molar-refractivity contribution in [2.24, 2.45) is 0 Å². The molecule has 0 unspecified atom stereocenters. The van der Waals surface area contributed by atoms with Crippen molar-refractivity contribution in [3.63, 3.8) is 0 Å². The number of alkyl halides is 2. The van der Waals surface area contributed by atoms with E-state index in [1.807, 2.05) is 12.1 Å². The normalized spacial score (nSPS) is 14.7. The summed E-state index contributed by atoms with van der Waals surface area (Å²) in [5.74, 6) is 0. The van der Waals surface area contributed by atoms with Gasteiger partial charge in [0.2, 0.25) is 0 Å². The number of anilines is 1. The van der Waals surface area contributed by atoms with Crippen LogP contribution in [0.3, 0.4) is 0 Å². The summed E-state index contributed by atoms with van der Waals surface area (Å²) in [6.07, 6.45) is -0.0705. The van der Waals surface area contributed by atoms with Crippen molar-refractivity contribution in [2.45, 2.75) is 25.8 Å². The van der Waals surface area contributed by atoms with E-state index in [1.165, 1.54) is 5.56 Å². The molecule has 0 atom stereocenters. The highest BCUT2D eigenvalue weighted by atomic mass is 19.3. The van der Waals surface area contributed by atoms with Crippen molar-refractivity contribution in [2.75, 3.05) is 18.4 Å². The van der Waals surface area contributed by atoms with Crippen LogP contribution in [0.15, 0.2) is 18.2 Å². The Balaban J connectivity index is 2.03. The molecule has 0 saturated carbocycles. The van der Waals surface area contributed by atoms with Crippen LogP contribution in [0.1, 0.15) is 17.5 Å². The quantitative estimate of drug-likeness (QED) is 0.823. The summed E-state index contributed by atoms with van der Waals surface area (Å²) in [4.78, 5) is 0. The topological polar surface area (TPSA) is 24.1 Å². The molecule has 1 aliphatic heterocycles. The molecule has 2 rings (SSSR count). The molecule has 4 heteroatoms. The number of aryl methyl sites for hydroxylation is 1. The summed E-state index contributed by atoms with van der Waals surface area (Å²) < 4.78 is 24.0. The van der Waals surface area contributed by atoms with Gasteiger partial charge in [0.15, 0.2) is 0 Å². The molecule has 1 heterocycles. The standard InChI is InChI=1S/C12H16F2N2/c13-11(14)8-15-7-10-4-1-3-9-5-2-6-16-12(9)10/h1,3-4,11,15-16H,2,5-8H2. The molecular formula is C12H16F2N2. The second-order valence-electron chi connectivity index (χ2n) is 4.00. The molecule has 1 aromatic rings. The number of halogens is 2. The molecule has 0 radical (unpaired) electrons. The zero-order valence-corrected chi connectivity index (χ0v) is 9.10. The number of rotatable bonds is 4. The molecule has 1 aromatic carbocycles. The number of hydrogen-bond donors (Lipinski definition) is 2. The Morgan fingerprint density at radius 1 is 1.38 bits per heavy atom. The molecule has 0 saturated heterocycles. The van der Waals surface area contributed by atoms with Gasteiger partial charge >= 0.3 is 0 Å². The Bertz CT molecular complexity index is 353. The monoisotopic (exact) mass is 226 g/mol. The first kappa shape index (κ1) is 11.3. The molecule has 0 aromatic heterocycles. The Labute approximate surface area is 94.0 Å². The molecule has 0 aliphatic carbocycles. The predicted molar refractivity (Wildman–Crippen MR) is 61.0 cm³/mol. The van der Waals surface area contributed by atoms with Crippen molar-refractivity contribution >= 4 is 5.69 Å². The first-order chi connectivity index (χ1) is 7.77. The predicted octanol–water partition coefficient (Wildman–Crippen LogP) is 2.40. The Morgan fingerprint density at radius 2 is 2.25 bits per heavy atom. The highest BCUT2D eigenvalue weighted by Crippen LogP contribution is 2.25. The number of para-hydroxylation sites is 1. The summed E-state index contributed by atoms with van der Waals surface area (Å²) in [7, 11) is 0. The Hall–Kier alpha value is -1.16. The van der Waals surface area contributed by atoms with Crippen LogP contribution in [-0.2, 0) is 13.0 Å². The lowest BCUT2D eigenvalue weighted by atomic mass is 9.99. The first-order valence-electron chi connectivity index (χ1n) is 5.61. The number of nitrogens with one attached hydrogen (secondary N) is 2. The number of benzene rings is 1. The minimum Gasteiger partial charge on any atom is -0.385 e. The second-order valence-corrected chi connectivity index (χ2v) is 4.00. The van der Waals surface area contributed by atoms with Crippen LogP contribution >= 0.6 is 0 Å². The van der Waals surface area contributed by atoms with Gasteiger partial charge in [0, 0.05) is 18.8 Å². The third kappa shape index (κ3) is 2.70. The molecule has 88 valence electrons. The van der Waals surface area contributed by atoms with Crippen molar-refractivity contribution < 1.29 is 8.78 Å². The summed E-state index contributed by atoms with van der Waals surface area (Å²) in [6.45, 7) is 1.23. The lowest BCUT2D eigenvalue weighted by Gasteiger charge is -2.21. The van der Waals surface area contributed by atoms with E-state index < -0.39 is 6.43 Å². The smallest absolute Gasteiger partial charge is 0.250 e. The van der Waals surface area contributed by atoms with Gasteiger partial charge < -0.3 is 10.6 Å². The SMILES string of the molecule is FC(F)CNCc1cccc2c1NCCC2. The van der Waals surface area contributed by atoms with E-state index in [-0.39, 0.29) is 6.54 Å². The van der Waals surface area contributed by atoms with E-state index in [0.29, 0.717) is 6.54 Å². The van der Waals surface area contributed by atoms with Crippen molar-refractivity contribution in [3.05, 3.63) is 29.3 Å². The molecule has 0 spiro atoms. The molecule has 16 heavy (non-hydrogen) atoms. The van der Waals surface area contributed by atoms with Crippen LogP contribution < -0.4 is 10.6 Å². The van der Waals surface area contributed by atoms with Gasteiger partial charge in [-0.3, -0.25) is 0 Å². The van der Waals surface area contributed by atoms with Crippen molar-refractivity contribution in [1.82, 2.24) is 5.32 Å². The van der Waals surface area contributed by atoms with Crippen LogP contribution in [0.25, 0.3) is 0 Å². The fourth-order valence-electron chi connectivity index (χ4n) is 2.04. The van der Waals surface area contributed by atoms with Gasteiger partial charge in [-0.1, -0.05) is 18.2 Å². The average molecular weight is 226 g/mol.